The van der Waals surface area contributed by atoms with Crippen molar-refractivity contribution < 1.29 is 9.59 Å². The van der Waals surface area contributed by atoms with E-state index < -0.39 is 5.91 Å². The molecule has 0 aromatic carbocycles. The van der Waals surface area contributed by atoms with Crippen LogP contribution in [0, 0.1) is 5.41 Å². The standard InChI is InChI=1S/C15H22N4O2S2/c1-17-14-11(13(16)21)8-12(22-14)23-19-7-4-15(9-19)2-5-18(10-20)6-3-15/h8,10,17H,2-7,9H2,1H3,(H2,16,21). The van der Waals surface area contributed by atoms with Crippen LogP contribution in [0.4, 0.5) is 5.00 Å². The van der Waals surface area contributed by atoms with Gasteiger partial charge in [-0.15, -0.1) is 11.3 Å². The van der Waals surface area contributed by atoms with Gasteiger partial charge in [0.2, 0.25) is 6.41 Å². The van der Waals surface area contributed by atoms with Crippen LogP contribution < -0.4 is 11.1 Å². The van der Waals surface area contributed by atoms with Gasteiger partial charge in [0.25, 0.3) is 5.91 Å². The molecule has 0 atom stereocenters. The highest BCUT2D eigenvalue weighted by atomic mass is 32.2. The van der Waals surface area contributed by atoms with Gasteiger partial charge in [0.1, 0.15) is 5.00 Å². The lowest BCUT2D eigenvalue weighted by molar-refractivity contribution is -0.120. The molecule has 2 amide bonds. The van der Waals surface area contributed by atoms with Crippen LogP contribution in [-0.2, 0) is 4.79 Å². The predicted molar refractivity (Wildman–Crippen MR) is 93.7 cm³/mol. The van der Waals surface area contributed by atoms with Crippen molar-refractivity contribution >= 4 is 40.6 Å². The van der Waals surface area contributed by atoms with Crippen molar-refractivity contribution in [1.29, 1.82) is 0 Å². The first-order valence-corrected chi connectivity index (χ1v) is 9.38. The van der Waals surface area contributed by atoms with Gasteiger partial charge in [0.15, 0.2) is 0 Å². The molecule has 2 saturated heterocycles. The average Bonchev–Trinajstić information content (AvgIpc) is 3.13. The quantitative estimate of drug-likeness (QED) is 0.623. The summed E-state index contributed by atoms with van der Waals surface area (Å²) in [6.45, 7) is 3.83. The monoisotopic (exact) mass is 354 g/mol. The number of likely N-dealkylation sites (tertiary alicyclic amines) is 1. The van der Waals surface area contributed by atoms with Gasteiger partial charge in [-0.3, -0.25) is 9.59 Å². The van der Waals surface area contributed by atoms with Crippen LogP contribution in [0.15, 0.2) is 10.3 Å². The largest absolute Gasteiger partial charge is 0.379 e. The third-order valence-electron chi connectivity index (χ3n) is 4.83. The molecule has 1 spiro atoms. The molecule has 6 nitrogen and oxygen atoms in total. The molecule has 3 heterocycles. The first kappa shape index (κ1) is 16.6. The minimum atomic E-state index is -0.392. The number of rotatable bonds is 5. The molecule has 2 aliphatic rings. The van der Waals surface area contributed by atoms with E-state index in [1.165, 1.54) is 6.42 Å². The van der Waals surface area contributed by atoms with Crippen molar-refractivity contribution in [3.63, 3.8) is 0 Å². The lowest BCUT2D eigenvalue weighted by Gasteiger charge is -2.37. The third-order valence-corrected chi connectivity index (χ3v) is 7.12. The second kappa shape index (κ2) is 6.70. The summed E-state index contributed by atoms with van der Waals surface area (Å²) >= 11 is 3.28. The smallest absolute Gasteiger partial charge is 0.251 e. The van der Waals surface area contributed by atoms with E-state index in [9.17, 15) is 9.59 Å². The highest BCUT2D eigenvalue weighted by Crippen LogP contribution is 2.45. The van der Waals surface area contributed by atoms with E-state index in [-0.39, 0.29) is 0 Å². The summed E-state index contributed by atoms with van der Waals surface area (Å²) < 4.78 is 3.47. The summed E-state index contributed by atoms with van der Waals surface area (Å²) in [6, 6.07) is 1.88. The number of carbonyl (C=O) groups excluding carboxylic acids is 2. The Labute approximate surface area is 144 Å². The average molecular weight is 355 g/mol. The second-order valence-electron chi connectivity index (χ2n) is 6.27. The Morgan fingerprint density at radius 2 is 2.09 bits per heavy atom. The van der Waals surface area contributed by atoms with Gasteiger partial charge in [-0.2, -0.15) is 0 Å². The molecular weight excluding hydrogens is 332 g/mol. The van der Waals surface area contributed by atoms with Gasteiger partial charge in [0.05, 0.1) is 9.77 Å². The van der Waals surface area contributed by atoms with Gasteiger partial charge in [-0.05, 0) is 42.7 Å². The van der Waals surface area contributed by atoms with Crippen LogP contribution in [-0.4, -0.2) is 54.7 Å². The Morgan fingerprint density at radius 1 is 1.39 bits per heavy atom. The molecule has 2 fully saturated rings. The molecule has 0 unspecified atom stereocenters. The van der Waals surface area contributed by atoms with Crippen LogP contribution in [0.25, 0.3) is 0 Å². The highest BCUT2D eigenvalue weighted by molar-refractivity contribution is 7.99. The number of nitrogens with two attached hydrogens (primary N) is 1. The van der Waals surface area contributed by atoms with E-state index in [0.29, 0.717) is 11.0 Å². The maximum absolute atomic E-state index is 11.5. The SMILES string of the molecule is CNc1sc(SN2CCC3(CCN(C=O)CC3)C2)cc1C(N)=O. The maximum atomic E-state index is 11.5. The maximum Gasteiger partial charge on any atom is 0.251 e. The molecule has 0 bridgehead atoms. The van der Waals surface area contributed by atoms with E-state index >= 15 is 0 Å². The van der Waals surface area contributed by atoms with Gasteiger partial charge in [0, 0.05) is 33.2 Å². The Bertz CT molecular complexity index is 596. The van der Waals surface area contributed by atoms with Crippen molar-refractivity contribution in [2.75, 3.05) is 38.5 Å². The second-order valence-corrected chi connectivity index (χ2v) is 8.72. The van der Waals surface area contributed by atoms with Crippen molar-refractivity contribution in [2.24, 2.45) is 11.1 Å². The molecule has 8 heteroatoms. The van der Waals surface area contributed by atoms with E-state index in [1.54, 1.807) is 30.3 Å². The molecule has 1 aromatic rings. The lowest BCUT2D eigenvalue weighted by atomic mass is 9.78. The third kappa shape index (κ3) is 3.49. The number of thiophene rings is 1. The number of nitrogens with zero attached hydrogens (tertiary/aromatic N) is 2. The number of hydrogen-bond donors (Lipinski definition) is 2. The summed E-state index contributed by atoms with van der Waals surface area (Å²) in [5.74, 6) is -0.392. The fraction of sp³-hybridized carbons (Fsp3) is 0.600. The molecule has 3 N–H and O–H groups in total. The molecule has 126 valence electrons. The van der Waals surface area contributed by atoms with Crippen molar-refractivity contribution in [1.82, 2.24) is 9.21 Å². The zero-order chi connectivity index (χ0) is 16.4. The van der Waals surface area contributed by atoms with Gasteiger partial charge in [-0.1, -0.05) is 0 Å². The molecule has 0 saturated carbocycles. The van der Waals surface area contributed by atoms with E-state index in [0.717, 1.165) is 54.6 Å². The fourth-order valence-electron chi connectivity index (χ4n) is 3.39. The van der Waals surface area contributed by atoms with Crippen molar-refractivity contribution in [3.05, 3.63) is 11.6 Å². The van der Waals surface area contributed by atoms with E-state index in [2.05, 4.69) is 9.62 Å². The number of piperidine rings is 1. The Morgan fingerprint density at radius 3 is 2.65 bits per heavy atom. The zero-order valence-corrected chi connectivity index (χ0v) is 14.8. The minimum absolute atomic E-state index is 0.349. The molecule has 3 rings (SSSR count). The van der Waals surface area contributed by atoms with Gasteiger partial charge >= 0.3 is 0 Å². The summed E-state index contributed by atoms with van der Waals surface area (Å²) in [6.07, 6.45) is 4.31. The Kier molecular flexibility index (Phi) is 4.84. The summed E-state index contributed by atoms with van der Waals surface area (Å²) in [7, 11) is 1.80. The van der Waals surface area contributed by atoms with Crippen molar-refractivity contribution in [3.8, 4) is 0 Å². The van der Waals surface area contributed by atoms with Crippen molar-refractivity contribution in [2.45, 2.75) is 23.5 Å². The highest BCUT2D eigenvalue weighted by Gasteiger charge is 2.40. The molecule has 1 aromatic heterocycles. The number of anilines is 1. The number of carbonyl (C=O) groups is 2. The number of hydrogen-bond acceptors (Lipinski definition) is 6. The normalized spacial score (nSPS) is 20.8. The number of primary amides is 1. The van der Waals surface area contributed by atoms with E-state index in [4.69, 9.17) is 5.73 Å². The molecule has 23 heavy (non-hydrogen) atoms. The van der Waals surface area contributed by atoms with E-state index in [1.807, 2.05) is 11.0 Å². The predicted octanol–water partition coefficient (Wildman–Crippen LogP) is 1.84. The summed E-state index contributed by atoms with van der Waals surface area (Å²) in [5, 5.41) is 3.86. The van der Waals surface area contributed by atoms with Crippen LogP contribution in [0.5, 0.6) is 0 Å². The summed E-state index contributed by atoms with van der Waals surface area (Å²) in [4.78, 5) is 24.2. The topological polar surface area (TPSA) is 78.7 Å². The zero-order valence-electron chi connectivity index (χ0n) is 13.2. The molecular formula is C15H22N4O2S2. The fourth-order valence-corrected chi connectivity index (χ4v) is 5.80. The van der Waals surface area contributed by atoms with Crippen LogP contribution in [0.3, 0.4) is 0 Å². The number of amides is 2. The summed E-state index contributed by atoms with van der Waals surface area (Å²) in [5.41, 5.74) is 6.33. The van der Waals surface area contributed by atoms with Crippen LogP contribution in [0.2, 0.25) is 0 Å². The van der Waals surface area contributed by atoms with Crippen LogP contribution >= 0.6 is 23.3 Å². The first-order chi connectivity index (χ1) is 11.0. The molecule has 0 aliphatic carbocycles. The molecule has 2 aliphatic heterocycles. The van der Waals surface area contributed by atoms with Gasteiger partial charge < -0.3 is 16.0 Å². The lowest BCUT2D eigenvalue weighted by Crippen LogP contribution is -2.40. The number of nitrogens with one attached hydrogen (secondary N) is 1. The van der Waals surface area contributed by atoms with Gasteiger partial charge in [-0.25, -0.2) is 4.31 Å². The molecule has 0 radical (unpaired) electrons. The van der Waals surface area contributed by atoms with Crippen LogP contribution in [0.1, 0.15) is 29.6 Å². The Balaban J connectivity index is 1.62. The Hall–Kier alpha value is -1.25. The first-order valence-electron chi connectivity index (χ1n) is 7.79. The minimum Gasteiger partial charge on any atom is -0.379 e.